The van der Waals surface area contributed by atoms with E-state index < -0.39 is 12.1 Å². The van der Waals surface area contributed by atoms with E-state index in [9.17, 15) is 19.2 Å². The highest BCUT2D eigenvalue weighted by molar-refractivity contribution is 6.38. The Kier molecular flexibility index (Phi) is 5.64. The molecule has 1 aromatic heterocycles. The number of benzene rings is 1. The third-order valence-electron chi connectivity index (χ3n) is 7.81. The van der Waals surface area contributed by atoms with Crippen molar-refractivity contribution in [3.05, 3.63) is 33.9 Å². The highest BCUT2D eigenvalue weighted by atomic mass is 35.5. The Balaban J connectivity index is 1.37. The van der Waals surface area contributed by atoms with Gasteiger partial charge in [-0.1, -0.05) is 37.0 Å². The van der Waals surface area contributed by atoms with Gasteiger partial charge in [0.15, 0.2) is 0 Å². The minimum absolute atomic E-state index is 0.000872. The number of carbonyl (C=O) groups is 4. The molecule has 180 valence electrons. The van der Waals surface area contributed by atoms with Crippen LogP contribution in [0.25, 0.3) is 10.9 Å². The first kappa shape index (κ1) is 23.2. The summed E-state index contributed by atoms with van der Waals surface area (Å²) in [6, 6.07) is 3.50. The summed E-state index contributed by atoms with van der Waals surface area (Å²) in [5, 5.41) is 7.11. The lowest BCUT2D eigenvalue weighted by Crippen LogP contribution is -2.52. The molecule has 2 aliphatic heterocycles. The predicted octanol–water partition coefficient (Wildman–Crippen LogP) is 2.78. The van der Waals surface area contributed by atoms with Crippen LogP contribution in [0.5, 0.6) is 0 Å². The molecule has 5 atom stereocenters. The first-order chi connectivity index (χ1) is 16.1. The normalized spacial score (nSPS) is 27.9. The van der Waals surface area contributed by atoms with Gasteiger partial charge >= 0.3 is 0 Å². The van der Waals surface area contributed by atoms with E-state index in [0.29, 0.717) is 52.4 Å². The Labute approximate surface area is 206 Å². The number of halogens is 2. The number of likely N-dealkylation sites (tertiary alicyclic amines) is 1. The average molecular weight is 505 g/mol. The van der Waals surface area contributed by atoms with E-state index in [2.05, 4.69) is 29.5 Å². The van der Waals surface area contributed by atoms with Crippen molar-refractivity contribution in [3.63, 3.8) is 0 Å². The number of amides is 3. The first-order valence-electron chi connectivity index (χ1n) is 11.4. The van der Waals surface area contributed by atoms with Gasteiger partial charge in [0.25, 0.3) is 5.91 Å². The van der Waals surface area contributed by atoms with E-state index in [1.807, 2.05) is 0 Å². The molecule has 10 heteroatoms. The largest absolute Gasteiger partial charge is 0.356 e. The average Bonchev–Trinajstić information content (AvgIpc) is 3.28. The lowest BCUT2D eigenvalue weighted by molar-refractivity contribution is -0.129. The number of piperidine rings is 1. The molecular weight excluding hydrogens is 479 g/mol. The quantitative estimate of drug-likeness (QED) is 0.525. The summed E-state index contributed by atoms with van der Waals surface area (Å²) in [6.45, 7) is 5.21. The van der Waals surface area contributed by atoms with E-state index in [-0.39, 0.29) is 47.3 Å². The lowest BCUT2D eigenvalue weighted by atomic mass is 9.97. The summed E-state index contributed by atoms with van der Waals surface area (Å²) < 4.78 is 0. The summed E-state index contributed by atoms with van der Waals surface area (Å²) in [7, 11) is 0. The van der Waals surface area contributed by atoms with E-state index in [1.54, 1.807) is 23.1 Å². The second kappa shape index (κ2) is 8.27. The second-order valence-electron chi connectivity index (χ2n) is 10.2. The topological polar surface area (TPSA) is 111 Å². The Hall–Kier alpha value is -2.58. The number of aromatic nitrogens is 1. The van der Waals surface area contributed by atoms with Crippen molar-refractivity contribution in [2.45, 2.75) is 38.8 Å². The fraction of sp³-hybridized carbons (Fsp3) is 0.500. The maximum atomic E-state index is 13.5. The van der Waals surface area contributed by atoms with Crippen molar-refractivity contribution >= 4 is 58.1 Å². The molecule has 3 amide bonds. The molecule has 1 aliphatic carbocycles. The highest BCUT2D eigenvalue weighted by Crippen LogP contribution is 2.65. The SMILES string of the molecule is CC1(C)[C@@H]2[C@@H](C(=O)N[C@H](C=O)C[C@@H]3CCNC3=O)N(C(=O)c3cc4c(Cl)cc(Cl)cc4[nH]3)C[C@@H]21. The fourth-order valence-electron chi connectivity index (χ4n) is 5.82. The number of nitrogens with zero attached hydrogens (tertiary/aromatic N) is 1. The standard InChI is InChI=1S/C24H26Cl2N4O4/c1-24(2)15-9-30(23(34)18-8-14-16(26)6-12(25)7-17(14)29-18)20(19(15)24)22(33)28-13(10-31)5-11-3-4-27-21(11)32/h6-8,10-11,13,15,19-20,29H,3-5,9H2,1-2H3,(H,27,32)(H,28,33)/t11-,13-,15-,19-,20-/m0/s1. The van der Waals surface area contributed by atoms with Crippen LogP contribution < -0.4 is 10.6 Å². The van der Waals surface area contributed by atoms with Gasteiger partial charge in [0.05, 0.1) is 11.1 Å². The predicted molar refractivity (Wildman–Crippen MR) is 128 cm³/mol. The van der Waals surface area contributed by atoms with Crippen molar-refractivity contribution in [2.75, 3.05) is 13.1 Å². The van der Waals surface area contributed by atoms with Gasteiger partial charge in [-0.2, -0.15) is 0 Å². The van der Waals surface area contributed by atoms with Crippen LogP contribution in [0, 0.1) is 23.2 Å². The van der Waals surface area contributed by atoms with Gasteiger partial charge in [-0.05, 0) is 48.3 Å². The summed E-state index contributed by atoms with van der Waals surface area (Å²) in [6.07, 6.45) is 1.56. The summed E-state index contributed by atoms with van der Waals surface area (Å²) in [5.41, 5.74) is 0.894. The Morgan fingerprint density at radius 3 is 2.74 bits per heavy atom. The monoisotopic (exact) mass is 504 g/mol. The molecule has 3 aliphatic rings. The Bertz CT molecular complexity index is 1210. The van der Waals surface area contributed by atoms with Crippen molar-refractivity contribution in [1.29, 1.82) is 0 Å². The van der Waals surface area contributed by atoms with E-state index in [0.717, 1.165) is 0 Å². The van der Waals surface area contributed by atoms with E-state index in [4.69, 9.17) is 23.2 Å². The van der Waals surface area contributed by atoms with Gasteiger partial charge < -0.3 is 25.3 Å². The number of aldehydes is 1. The maximum absolute atomic E-state index is 13.5. The number of rotatable bonds is 6. The van der Waals surface area contributed by atoms with Crippen molar-refractivity contribution in [2.24, 2.45) is 23.2 Å². The van der Waals surface area contributed by atoms with E-state index in [1.165, 1.54) is 0 Å². The molecule has 0 spiro atoms. The molecular formula is C24H26Cl2N4O4. The van der Waals surface area contributed by atoms with E-state index >= 15 is 0 Å². The molecule has 2 saturated heterocycles. The number of aromatic amines is 1. The number of fused-ring (bicyclic) bond motifs is 2. The van der Waals surface area contributed by atoms with Crippen LogP contribution in [0.1, 0.15) is 37.2 Å². The zero-order valence-electron chi connectivity index (χ0n) is 18.9. The number of carbonyl (C=O) groups excluding carboxylic acids is 4. The van der Waals surface area contributed by atoms with Crippen LogP contribution in [0.4, 0.5) is 0 Å². The van der Waals surface area contributed by atoms with Gasteiger partial charge in [-0.3, -0.25) is 14.4 Å². The Morgan fingerprint density at radius 1 is 1.29 bits per heavy atom. The Morgan fingerprint density at radius 2 is 2.06 bits per heavy atom. The highest BCUT2D eigenvalue weighted by Gasteiger charge is 2.69. The minimum Gasteiger partial charge on any atom is -0.356 e. The van der Waals surface area contributed by atoms with Gasteiger partial charge in [0, 0.05) is 34.9 Å². The number of hydrogen-bond donors (Lipinski definition) is 3. The molecule has 34 heavy (non-hydrogen) atoms. The minimum atomic E-state index is -0.784. The van der Waals surface area contributed by atoms with Gasteiger partial charge in [0.2, 0.25) is 11.8 Å². The maximum Gasteiger partial charge on any atom is 0.271 e. The van der Waals surface area contributed by atoms with Crippen LogP contribution in [0.3, 0.4) is 0 Å². The summed E-state index contributed by atoms with van der Waals surface area (Å²) >= 11 is 12.4. The molecule has 3 N–H and O–H groups in total. The van der Waals surface area contributed by atoms with Crippen LogP contribution in [0.15, 0.2) is 18.2 Å². The van der Waals surface area contributed by atoms with Crippen LogP contribution in [0.2, 0.25) is 10.0 Å². The molecule has 1 saturated carbocycles. The fourth-order valence-corrected chi connectivity index (χ4v) is 6.37. The smallest absolute Gasteiger partial charge is 0.271 e. The molecule has 3 fully saturated rings. The molecule has 2 aromatic rings. The second-order valence-corrected chi connectivity index (χ2v) is 11.0. The molecule has 5 rings (SSSR count). The lowest BCUT2D eigenvalue weighted by Gasteiger charge is -2.30. The zero-order chi connectivity index (χ0) is 24.4. The summed E-state index contributed by atoms with van der Waals surface area (Å²) in [5.74, 6) is -0.862. The van der Waals surface area contributed by atoms with Crippen molar-refractivity contribution in [1.82, 2.24) is 20.5 Å². The van der Waals surface area contributed by atoms with Gasteiger partial charge in [-0.25, -0.2) is 0 Å². The van der Waals surface area contributed by atoms with Crippen LogP contribution >= 0.6 is 23.2 Å². The van der Waals surface area contributed by atoms with Crippen molar-refractivity contribution < 1.29 is 19.2 Å². The first-order valence-corrected chi connectivity index (χ1v) is 12.2. The van der Waals surface area contributed by atoms with Crippen LogP contribution in [-0.4, -0.2) is 59.1 Å². The van der Waals surface area contributed by atoms with Gasteiger partial charge in [0.1, 0.15) is 18.0 Å². The zero-order valence-corrected chi connectivity index (χ0v) is 20.4. The van der Waals surface area contributed by atoms with Gasteiger partial charge in [-0.15, -0.1) is 0 Å². The third-order valence-corrected chi connectivity index (χ3v) is 8.34. The summed E-state index contributed by atoms with van der Waals surface area (Å²) in [4.78, 5) is 55.2. The number of nitrogens with one attached hydrogen (secondary N) is 3. The molecule has 8 nitrogen and oxygen atoms in total. The molecule has 1 aromatic carbocycles. The van der Waals surface area contributed by atoms with Crippen molar-refractivity contribution in [3.8, 4) is 0 Å². The molecule has 0 bridgehead atoms. The molecule has 0 unspecified atom stereocenters. The molecule has 3 heterocycles. The third kappa shape index (κ3) is 3.77. The molecule has 0 radical (unpaired) electrons. The number of H-pyrrole nitrogens is 1. The number of hydrogen-bond acceptors (Lipinski definition) is 4. The van der Waals surface area contributed by atoms with Crippen LogP contribution in [-0.2, 0) is 14.4 Å².